The Morgan fingerprint density at radius 1 is 1.60 bits per heavy atom. The van der Waals surface area contributed by atoms with E-state index in [1.807, 2.05) is 0 Å². The molecule has 0 spiro atoms. The maximum atomic E-state index is 11.8. The van der Waals surface area contributed by atoms with Gasteiger partial charge in [0.25, 0.3) is 5.56 Å². The second kappa shape index (κ2) is 5.88. The lowest BCUT2D eigenvalue weighted by Gasteiger charge is -2.14. The molecule has 0 amide bonds. The second-order valence-electron chi connectivity index (χ2n) is 4.37. The maximum absolute atomic E-state index is 11.8. The predicted molar refractivity (Wildman–Crippen MR) is 70.8 cm³/mol. The van der Waals surface area contributed by atoms with Crippen molar-refractivity contribution in [2.24, 2.45) is 0 Å². The Morgan fingerprint density at radius 2 is 2.35 bits per heavy atom. The van der Waals surface area contributed by atoms with Crippen molar-refractivity contribution in [1.82, 2.24) is 9.55 Å². The number of terminal acetylenes is 1. The van der Waals surface area contributed by atoms with Crippen molar-refractivity contribution in [2.75, 3.05) is 6.61 Å². The first-order valence-corrected chi connectivity index (χ1v) is 5.99. The zero-order valence-electron chi connectivity index (χ0n) is 10.5. The van der Waals surface area contributed by atoms with E-state index in [2.05, 4.69) is 10.9 Å². The first kappa shape index (κ1) is 14.3. The normalized spacial score (nSPS) is 25.9. The quantitative estimate of drug-likeness (QED) is 0.604. The maximum Gasteiger partial charge on any atom is 0.330 e. The lowest BCUT2D eigenvalue weighted by molar-refractivity contribution is -0.0459. The molecule has 0 radical (unpaired) electrons. The highest BCUT2D eigenvalue weighted by Crippen LogP contribution is 2.27. The number of hydrogen-bond donors (Lipinski definition) is 3. The molecule has 1 aromatic heterocycles. The Bertz CT molecular complexity index is 667. The van der Waals surface area contributed by atoms with Gasteiger partial charge >= 0.3 is 5.69 Å². The number of ether oxygens (including phenoxy) is 1. The van der Waals surface area contributed by atoms with Crippen LogP contribution in [0.5, 0.6) is 0 Å². The van der Waals surface area contributed by atoms with Crippen molar-refractivity contribution in [1.29, 1.82) is 0 Å². The summed E-state index contributed by atoms with van der Waals surface area (Å²) in [4.78, 5) is 25.5. The number of allylic oxidation sites excluding steroid dienone is 1. The Labute approximate surface area is 114 Å². The van der Waals surface area contributed by atoms with Crippen LogP contribution in [0, 0.1) is 12.3 Å². The van der Waals surface area contributed by atoms with Crippen molar-refractivity contribution in [2.45, 2.75) is 24.9 Å². The van der Waals surface area contributed by atoms with Gasteiger partial charge in [-0.2, -0.15) is 0 Å². The van der Waals surface area contributed by atoms with Crippen LogP contribution in [0.1, 0.15) is 18.2 Å². The first-order valence-electron chi connectivity index (χ1n) is 5.99. The smallest absolute Gasteiger partial charge is 0.330 e. The topological polar surface area (TPSA) is 105 Å². The van der Waals surface area contributed by atoms with E-state index in [1.165, 1.54) is 18.3 Å². The molecule has 0 aromatic carbocycles. The average molecular weight is 278 g/mol. The molecule has 1 saturated heterocycles. The van der Waals surface area contributed by atoms with Gasteiger partial charge in [-0.3, -0.25) is 14.3 Å². The van der Waals surface area contributed by atoms with Gasteiger partial charge in [0, 0.05) is 12.6 Å². The molecule has 1 aromatic rings. The van der Waals surface area contributed by atoms with Gasteiger partial charge in [-0.05, 0) is 12.2 Å². The van der Waals surface area contributed by atoms with E-state index >= 15 is 0 Å². The fraction of sp³-hybridized carbons (Fsp3) is 0.385. The van der Waals surface area contributed by atoms with Crippen LogP contribution in [0.4, 0.5) is 0 Å². The molecule has 7 heteroatoms. The van der Waals surface area contributed by atoms with Gasteiger partial charge in [0.05, 0.1) is 18.3 Å². The number of aromatic nitrogens is 2. The largest absolute Gasteiger partial charge is 0.394 e. The Balaban J connectivity index is 2.38. The number of nitrogens with zero attached hydrogens (tertiary/aromatic N) is 1. The van der Waals surface area contributed by atoms with Crippen molar-refractivity contribution in [3.8, 4) is 12.3 Å². The van der Waals surface area contributed by atoms with Gasteiger partial charge in [0.2, 0.25) is 0 Å². The van der Waals surface area contributed by atoms with E-state index in [-0.39, 0.29) is 18.6 Å². The molecule has 0 aliphatic carbocycles. The third kappa shape index (κ3) is 2.72. The lowest BCUT2D eigenvalue weighted by atomic mass is 10.2. The number of nitrogens with one attached hydrogen (secondary N) is 1. The molecule has 0 bridgehead atoms. The van der Waals surface area contributed by atoms with E-state index in [1.54, 1.807) is 0 Å². The van der Waals surface area contributed by atoms with Crippen LogP contribution in [0.15, 0.2) is 21.9 Å². The number of H-pyrrole nitrogens is 1. The molecule has 2 rings (SSSR count). The molecule has 2 heterocycles. The van der Waals surface area contributed by atoms with Gasteiger partial charge in [0.1, 0.15) is 12.3 Å². The molecule has 20 heavy (non-hydrogen) atoms. The molecule has 1 aliphatic heterocycles. The van der Waals surface area contributed by atoms with Crippen LogP contribution in [-0.2, 0) is 4.74 Å². The minimum absolute atomic E-state index is 0.148. The Hall–Kier alpha value is -2.14. The van der Waals surface area contributed by atoms with Crippen LogP contribution in [0.25, 0.3) is 6.08 Å². The highest BCUT2D eigenvalue weighted by Gasteiger charge is 2.35. The molecule has 0 unspecified atom stereocenters. The minimum Gasteiger partial charge on any atom is -0.394 e. The number of rotatable bonds is 3. The second-order valence-corrected chi connectivity index (χ2v) is 4.37. The van der Waals surface area contributed by atoms with Crippen LogP contribution >= 0.6 is 0 Å². The van der Waals surface area contributed by atoms with Gasteiger partial charge in [-0.25, -0.2) is 4.79 Å². The highest BCUT2D eigenvalue weighted by molar-refractivity contribution is 5.50. The number of aliphatic hydroxyl groups excluding tert-OH is 2. The van der Waals surface area contributed by atoms with Crippen LogP contribution in [-0.4, -0.2) is 38.6 Å². The van der Waals surface area contributed by atoms with Crippen LogP contribution < -0.4 is 11.2 Å². The van der Waals surface area contributed by atoms with Gasteiger partial charge < -0.3 is 14.9 Å². The number of aliphatic hydroxyl groups is 2. The molecular weight excluding hydrogens is 264 g/mol. The summed E-state index contributed by atoms with van der Waals surface area (Å²) in [7, 11) is 0. The van der Waals surface area contributed by atoms with Crippen LogP contribution in [0.3, 0.4) is 0 Å². The molecule has 1 fully saturated rings. The summed E-state index contributed by atoms with van der Waals surface area (Å²) >= 11 is 0. The van der Waals surface area contributed by atoms with Crippen LogP contribution in [0.2, 0.25) is 0 Å². The minimum atomic E-state index is -0.867. The monoisotopic (exact) mass is 278 g/mol. The third-order valence-corrected chi connectivity index (χ3v) is 3.05. The Morgan fingerprint density at radius 3 is 2.95 bits per heavy atom. The van der Waals surface area contributed by atoms with Crippen molar-refractivity contribution in [3.63, 3.8) is 0 Å². The third-order valence-electron chi connectivity index (χ3n) is 3.05. The summed E-state index contributed by atoms with van der Waals surface area (Å²) in [6, 6.07) is 0. The molecular formula is C13H14N2O5. The number of aromatic amines is 1. The summed E-state index contributed by atoms with van der Waals surface area (Å²) in [5, 5.41) is 18.7. The van der Waals surface area contributed by atoms with Crippen molar-refractivity contribution in [3.05, 3.63) is 38.7 Å². The molecule has 0 saturated carbocycles. The highest BCUT2D eigenvalue weighted by atomic mass is 16.5. The SMILES string of the molecule is C#C/C=C/c1cn([C@H]2C[C@H](O)[C@@H](CO)O2)c(=O)[nH]c1=O. The first-order chi connectivity index (χ1) is 9.56. The fourth-order valence-corrected chi connectivity index (χ4v) is 2.02. The average Bonchev–Trinajstić information content (AvgIpc) is 2.79. The molecule has 1 aliphatic rings. The van der Waals surface area contributed by atoms with E-state index in [0.29, 0.717) is 0 Å². The molecule has 7 nitrogen and oxygen atoms in total. The zero-order chi connectivity index (χ0) is 14.7. The van der Waals surface area contributed by atoms with E-state index in [9.17, 15) is 14.7 Å². The number of hydrogen-bond acceptors (Lipinski definition) is 5. The Kier molecular flexibility index (Phi) is 4.20. The van der Waals surface area contributed by atoms with Crippen molar-refractivity contribution >= 4 is 6.08 Å². The molecule has 3 atom stereocenters. The summed E-state index contributed by atoms with van der Waals surface area (Å²) in [5.74, 6) is 2.25. The summed E-state index contributed by atoms with van der Waals surface area (Å²) in [6.07, 6.45) is 6.89. The summed E-state index contributed by atoms with van der Waals surface area (Å²) in [5.41, 5.74) is -1.01. The molecule has 3 N–H and O–H groups in total. The van der Waals surface area contributed by atoms with E-state index in [4.69, 9.17) is 16.3 Å². The van der Waals surface area contributed by atoms with Gasteiger partial charge in [-0.1, -0.05) is 5.92 Å². The molecule has 106 valence electrons. The van der Waals surface area contributed by atoms with Crippen molar-refractivity contribution < 1.29 is 14.9 Å². The predicted octanol–water partition coefficient (Wildman–Crippen LogP) is -1.18. The lowest BCUT2D eigenvalue weighted by Crippen LogP contribution is -2.33. The fourth-order valence-electron chi connectivity index (χ4n) is 2.02. The zero-order valence-corrected chi connectivity index (χ0v) is 10.5. The van der Waals surface area contributed by atoms with E-state index in [0.717, 1.165) is 4.57 Å². The summed E-state index contributed by atoms with van der Waals surface area (Å²) < 4.78 is 6.53. The standard InChI is InChI=1S/C13H14N2O5/c1-2-3-4-8-6-15(13(19)14-12(8)18)11-5-9(17)10(7-16)20-11/h1,3-4,6,9-11,16-17H,5,7H2,(H,14,18,19)/b4-3+/t9-,10+,11+/m0/s1. The van der Waals surface area contributed by atoms with Gasteiger partial charge in [-0.15, -0.1) is 6.42 Å². The van der Waals surface area contributed by atoms with Gasteiger partial charge in [0.15, 0.2) is 0 Å². The summed E-state index contributed by atoms with van der Waals surface area (Å²) in [6.45, 7) is -0.348. The van der Waals surface area contributed by atoms with E-state index < -0.39 is 29.7 Å².